The zero-order valence-electron chi connectivity index (χ0n) is 14.0. The minimum Gasteiger partial charge on any atom is -0.279 e. The number of rotatable bonds is 5. The van der Waals surface area contributed by atoms with E-state index in [1.54, 1.807) is 36.7 Å². The van der Waals surface area contributed by atoms with Gasteiger partial charge in [-0.1, -0.05) is 37.3 Å². The highest BCUT2D eigenvalue weighted by Gasteiger charge is 2.19. The second kappa shape index (κ2) is 7.71. The SMILES string of the molecule is CCCC(=O)N(c1cccnc1)c1ccc(-c2ccccc2)c(F)c1. The monoisotopic (exact) mass is 334 g/mol. The number of nitrogens with zero attached hydrogens (tertiary/aromatic N) is 2. The van der Waals surface area contributed by atoms with E-state index in [4.69, 9.17) is 0 Å². The topological polar surface area (TPSA) is 33.2 Å². The number of halogens is 1. The van der Waals surface area contributed by atoms with Gasteiger partial charge < -0.3 is 0 Å². The molecule has 3 nitrogen and oxygen atoms in total. The molecule has 0 radical (unpaired) electrons. The minimum atomic E-state index is -0.359. The van der Waals surface area contributed by atoms with Gasteiger partial charge in [0, 0.05) is 18.2 Å². The summed E-state index contributed by atoms with van der Waals surface area (Å²) in [6.45, 7) is 1.94. The quantitative estimate of drug-likeness (QED) is 0.630. The largest absolute Gasteiger partial charge is 0.279 e. The maximum Gasteiger partial charge on any atom is 0.231 e. The predicted octanol–water partition coefficient (Wildman–Crippen LogP) is 5.35. The Hall–Kier alpha value is -3.01. The molecular formula is C21H19FN2O. The fourth-order valence-corrected chi connectivity index (χ4v) is 2.74. The molecule has 1 amide bonds. The van der Waals surface area contributed by atoms with Crippen molar-refractivity contribution in [2.45, 2.75) is 19.8 Å². The highest BCUT2D eigenvalue weighted by atomic mass is 19.1. The van der Waals surface area contributed by atoms with Gasteiger partial charge >= 0.3 is 0 Å². The summed E-state index contributed by atoms with van der Waals surface area (Å²) >= 11 is 0. The zero-order chi connectivity index (χ0) is 17.6. The van der Waals surface area contributed by atoms with Crippen molar-refractivity contribution in [3.8, 4) is 11.1 Å². The molecule has 0 N–H and O–H groups in total. The lowest BCUT2D eigenvalue weighted by Gasteiger charge is -2.23. The Labute approximate surface area is 146 Å². The van der Waals surface area contributed by atoms with Gasteiger partial charge in [-0.3, -0.25) is 14.7 Å². The van der Waals surface area contributed by atoms with E-state index in [-0.39, 0.29) is 11.7 Å². The predicted molar refractivity (Wildman–Crippen MR) is 98.1 cm³/mol. The standard InChI is InChI=1S/C21H19FN2O/c1-2-7-21(25)24(18-10-6-13-23-15-18)17-11-12-19(20(22)14-17)16-8-4-3-5-9-16/h3-6,8-15H,2,7H2,1H3. The van der Waals surface area contributed by atoms with E-state index in [9.17, 15) is 9.18 Å². The van der Waals surface area contributed by atoms with E-state index in [2.05, 4.69) is 4.98 Å². The lowest BCUT2D eigenvalue weighted by atomic mass is 10.0. The van der Waals surface area contributed by atoms with Gasteiger partial charge in [0.2, 0.25) is 5.91 Å². The third kappa shape index (κ3) is 3.74. The molecule has 0 bridgehead atoms. The minimum absolute atomic E-state index is 0.0811. The third-order valence-electron chi connectivity index (χ3n) is 3.91. The number of pyridine rings is 1. The van der Waals surface area contributed by atoms with Crippen LogP contribution in [0.1, 0.15) is 19.8 Å². The highest BCUT2D eigenvalue weighted by Crippen LogP contribution is 2.31. The van der Waals surface area contributed by atoms with Crippen molar-refractivity contribution in [3.05, 3.63) is 78.9 Å². The first kappa shape index (κ1) is 16.8. The second-order valence-electron chi connectivity index (χ2n) is 5.72. The number of amides is 1. The Balaban J connectivity index is 2.02. The number of hydrogen-bond donors (Lipinski definition) is 0. The molecule has 3 rings (SSSR count). The lowest BCUT2D eigenvalue weighted by Crippen LogP contribution is -2.25. The molecule has 2 aromatic carbocycles. The normalized spacial score (nSPS) is 10.5. The maximum atomic E-state index is 14.7. The van der Waals surface area contributed by atoms with Gasteiger partial charge in [-0.25, -0.2) is 4.39 Å². The van der Waals surface area contributed by atoms with E-state index in [1.807, 2.05) is 37.3 Å². The van der Waals surface area contributed by atoms with Gasteiger partial charge in [-0.2, -0.15) is 0 Å². The number of anilines is 2. The number of benzene rings is 2. The molecule has 1 heterocycles. The second-order valence-corrected chi connectivity index (χ2v) is 5.72. The van der Waals surface area contributed by atoms with Gasteiger partial charge in [-0.15, -0.1) is 0 Å². The lowest BCUT2D eigenvalue weighted by molar-refractivity contribution is -0.117. The van der Waals surface area contributed by atoms with Crippen LogP contribution >= 0.6 is 0 Å². The number of carbonyl (C=O) groups excluding carboxylic acids is 1. The van der Waals surface area contributed by atoms with Crippen LogP contribution in [-0.4, -0.2) is 10.9 Å². The Kier molecular flexibility index (Phi) is 5.19. The van der Waals surface area contributed by atoms with Gasteiger partial charge in [0.25, 0.3) is 0 Å². The molecule has 0 aliphatic rings. The van der Waals surface area contributed by atoms with Crippen LogP contribution in [0.3, 0.4) is 0 Å². The third-order valence-corrected chi connectivity index (χ3v) is 3.91. The van der Waals surface area contributed by atoms with Crippen LogP contribution in [0.15, 0.2) is 73.1 Å². The van der Waals surface area contributed by atoms with Crippen molar-refractivity contribution < 1.29 is 9.18 Å². The summed E-state index contributed by atoms with van der Waals surface area (Å²) in [6.07, 6.45) is 4.36. The molecule has 0 spiro atoms. The van der Waals surface area contributed by atoms with Gasteiger partial charge in [0.1, 0.15) is 5.82 Å². The van der Waals surface area contributed by atoms with Crippen LogP contribution in [0.2, 0.25) is 0 Å². The summed E-state index contributed by atoms with van der Waals surface area (Å²) in [4.78, 5) is 18.2. The molecule has 0 fully saturated rings. The fraction of sp³-hybridized carbons (Fsp3) is 0.143. The maximum absolute atomic E-state index is 14.7. The van der Waals surface area contributed by atoms with Crippen LogP contribution < -0.4 is 4.90 Å². The van der Waals surface area contributed by atoms with Crippen LogP contribution in [0, 0.1) is 5.82 Å². The summed E-state index contributed by atoms with van der Waals surface area (Å²) < 4.78 is 14.7. The molecule has 25 heavy (non-hydrogen) atoms. The Bertz CT molecular complexity index is 850. The summed E-state index contributed by atoms with van der Waals surface area (Å²) in [5.74, 6) is -0.441. The van der Waals surface area contributed by atoms with Crippen molar-refractivity contribution >= 4 is 17.3 Å². The first-order valence-electron chi connectivity index (χ1n) is 8.28. The van der Waals surface area contributed by atoms with Crippen LogP contribution in [0.25, 0.3) is 11.1 Å². The fourth-order valence-electron chi connectivity index (χ4n) is 2.74. The molecule has 0 saturated carbocycles. The number of carbonyl (C=O) groups is 1. The summed E-state index contributed by atoms with van der Waals surface area (Å²) in [5.41, 5.74) is 2.45. The molecule has 0 aliphatic carbocycles. The van der Waals surface area contributed by atoms with E-state index >= 15 is 0 Å². The molecule has 126 valence electrons. The molecule has 0 aliphatic heterocycles. The molecule has 3 aromatic rings. The molecule has 1 aromatic heterocycles. The molecule has 4 heteroatoms. The van der Waals surface area contributed by atoms with Gasteiger partial charge in [0.15, 0.2) is 0 Å². The van der Waals surface area contributed by atoms with Crippen molar-refractivity contribution in [2.75, 3.05) is 4.90 Å². The molecular weight excluding hydrogens is 315 g/mol. The van der Waals surface area contributed by atoms with Crippen LogP contribution in [-0.2, 0) is 4.79 Å². The van der Waals surface area contributed by atoms with Crippen molar-refractivity contribution in [1.29, 1.82) is 0 Å². The molecule has 0 atom stereocenters. The highest BCUT2D eigenvalue weighted by molar-refractivity contribution is 6.00. The smallest absolute Gasteiger partial charge is 0.231 e. The summed E-state index contributed by atoms with van der Waals surface area (Å²) in [7, 11) is 0. The van der Waals surface area contributed by atoms with Crippen molar-refractivity contribution in [2.24, 2.45) is 0 Å². The summed E-state index contributed by atoms with van der Waals surface area (Å²) in [5, 5.41) is 0. The van der Waals surface area contributed by atoms with E-state index < -0.39 is 0 Å². The molecule has 0 saturated heterocycles. The average molecular weight is 334 g/mol. The van der Waals surface area contributed by atoms with Crippen molar-refractivity contribution in [3.63, 3.8) is 0 Å². The van der Waals surface area contributed by atoms with Crippen LogP contribution in [0.4, 0.5) is 15.8 Å². The number of hydrogen-bond acceptors (Lipinski definition) is 2. The average Bonchev–Trinajstić information content (AvgIpc) is 2.64. The first-order chi connectivity index (χ1) is 12.2. The Morgan fingerprint density at radius 1 is 1.04 bits per heavy atom. The van der Waals surface area contributed by atoms with E-state index in [0.717, 1.165) is 12.0 Å². The van der Waals surface area contributed by atoms with Gasteiger partial charge in [0.05, 0.1) is 17.6 Å². The van der Waals surface area contributed by atoms with E-state index in [1.165, 1.54) is 11.0 Å². The van der Waals surface area contributed by atoms with Crippen LogP contribution in [0.5, 0.6) is 0 Å². The number of aromatic nitrogens is 1. The van der Waals surface area contributed by atoms with E-state index in [0.29, 0.717) is 23.4 Å². The van der Waals surface area contributed by atoms with Gasteiger partial charge in [-0.05, 0) is 42.3 Å². The van der Waals surface area contributed by atoms with Crippen molar-refractivity contribution in [1.82, 2.24) is 4.98 Å². The summed E-state index contributed by atoms with van der Waals surface area (Å²) in [6, 6.07) is 17.8. The molecule has 0 unspecified atom stereocenters. The zero-order valence-corrected chi connectivity index (χ0v) is 14.0. The first-order valence-corrected chi connectivity index (χ1v) is 8.28. The Morgan fingerprint density at radius 2 is 1.84 bits per heavy atom. The Morgan fingerprint density at radius 3 is 2.48 bits per heavy atom.